The number of nitrogens with zero attached hydrogens (tertiary/aromatic N) is 1. The quantitative estimate of drug-likeness (QED) is 0.594. The topological polar surface area (TPSA) is 38.5 Å². The number of likely N-dealkylation sites (N-methyl/N-ethyl adjacent to an activating group) is 1. The van der Waals surface area contributed by atoms with Gasteiger partial charge in [0.25, 0.3) is 0 Å². The van der Waals surface area contributed by atoms with Gasteiger partial charge in [-0.15, -0.1) is 0 Å². The van der Waals surface area contributed by atoms with Crippen molar-refractivity contribution in [2.24, 2.45) is 0 Å². The van der Waals surface area contributed by atoms with Crippen molar-refractivity contribution in [1.82, 2.24) is 0 Å². The Morgan fingerprint density at radius 2 is 2.13 bits per heavy atom. The molecule has 84 valence electrons. The molecule has 3 nitrogen and oxygen atoms in total. The van der Waals surface area contributed by atoms with Gasteiger partial charge in [0.2, 0.25) is 0 Å². The zero-order valence-corrected chi connectivity index (χ0v) is 9.79. The molecular weight excluding hydrogens is 188 g/mol. The maximum atomic E-state index is 5.77. The minimum atomic E-state index is 0.760. The van der Waals surface area contributed by atoms with Gasteiger partial charge in [-0.1, -0.05) is 0 Å². The third-order valence-electron chi connectivity index (χ3n) is 2.47. The molecule has 0 saturated heterocycles. The first-order valence-corrected chi connectivity index (χ1v) is 5.30. The van der Waals surface area contributed by atoms with Crippen LogP contribution in [0.4, 0.5) is 11.4 Å². The van der Waals surface area contributed by atoms with E-state index in [0.717, 1.165) is 31.0 Å². The van der Waals surface area contributed by atoms with Gasteiger partial charge in [0, 0.05) is 31.6 Å². The van der Waals surface area contributed by atoms with Crippen molar-refractivity contribution in [3.8, 4) is 0 Å². The summed E-state index contributed by atoms with van der Waals surface area (Å²) in [6.45, 7) is 6.46. The Bertz CT molecular complexity index is 312. The van der Waals surface area contributed by atoms with E-state index in [2.05, 4.69) is 18.0 Å². The molecule has 0 heterocycles. The first-order chi connectivity index (χ1) is 7.15. The first-order valence-electron chi connectivity index (χ1n) is 5.30. The van der Waals surface area contributed by atoms with Crippen molar-refractivity contribution >= 4 is 11.4 Å². The summed E-state index contributed by atoms with van der Waals surface area (Å²) in [4.78, 5) is 2.17. The molecule has 0 saturated carbocycles. The number of nitrogens with two attached hydrogens (primary N) is 1. The molecule has 0 radical (unpaired) electrons. The number of hydrogen-bond acceptors (Lipinski definition) is 3. The van der Waals surface area contributed by atoms with Crippen LogP contribution in [0.15, 0.2) is 18.2 Å². The summed E-state index contributed by atoms with van der Waals surface area (Å²) < 4.78 is 5.31. The van der Waals surface area contributed by atoms with Crippen molar-refractivity contribution in [1.29, 1.82) is 0 Å². The Labute approximate surface area is 91.8 Å². The molecule has 0 aliphatic rings. The SMILES string of the molecule is CCOCCN(C)c1ccc(N)c(C)c1. The molecule has 0 atom stereocenters. The lowest BCUT2D eigenvalue weighted by Gasteiger charge is -2.20. The zero-order chi connectivity index (χ0) is 11.3. The maximum absolute atomic E-state index is 5.77. The lowest BCUT2D eigenvalue weighted by Crippen LogP contribution is -2.22. The minimum absolute atomic E-state index is 0.760. The van der Waals surface area contributed by atoms with Crippen LogP contribution in [0.25, 0.3) is 0 Å². The van der Waals surface area contributed by atoms with Crippen molar-refractivity contribution < 1.29 is 4.74 Å². The summed E-state index contributed by atoms with van der Waals surface area (Å²) in [7, 11) is 2.06. The van der Waals surface area contributed by atoms with Crippen molar-refractivity contribution in [2.45, 2.75) is 13.8 Å². The fourth-order valence-electron chi connectivity index (χ4n) is 1.37. The van der Waals surface area contributed by atoms with Crippen LogP contribution < -0.4 is 10.6 Å². The first kappa shape index (κ1) is 11.9. The van der Waals surface area contributed by atoms with Gasteiger partial charge in [-0.05, 0) is 37.6 Å². The van der Waals surface area contributed by atoms with Crippen LogP contribution in [0.1, 0.15) is 12.5 Å². The van der Waals surface area contributed by atoms with Gasteiger partial charge in [0.15, 0.2) is 0 Å². The van der Waals surface area contributed by atoms with Gasteiger partial charge in [0.1, 0.15) is 0 Å². The Morgan fingerprint density at radius 1 is 1.40 bits per heavy atom. The Balaban J connectivity index is 2.57. The van der Waals surface area contributed by atoms with E-state index in [-0.39, 0.29) is 0 Å². The molecule has 0 unspecified atom stereocenters. The zero-order valence-electron chi connectivity index (χ0n) is 9.79. The van der Waals surface area contributed by atoms with E-state index >= 15 is 0 Å². The van der Waals surface area contributed by atoms with Crippen LogP contribution in [0.3, 0.4) is 0 Å². The average Bonchev–Trinajstić information content (AvgIpc) is 2.22. The van der Waals surface area contributed by atoms with Gasteiger partial charge < -0.3 is 15.4 Å². The molecule has 0 bridgehead atoms. The molecule has 0 aromatic heterocycles. The van der Waals surface area contributed by atoms with Crippen LogP contribution in [0.5, 0.6) is 0 Å². The monoisotopic (exact) mass is 208 g/mol. The number of rotatable bonds is 5. The van der Waals surface area contributed by atoms with E-state index in [0.29, 0.717) is 0 Å². The third-order valence-corrected chi connectivity index (χ3v) is 2.47. The highest BCUT2D eigenvalue weighted by Gasteiger charge is 2.02. The molecule has 3 heteroatoms. The molecule has 1 rings (SSSR count). The highest BCUT2D eigenvalue weighted by atomic mass is 16.5. The second-order valence-electron chi connectivity index (χ2n) is 3.66. The van der Waals surface area contributed by atoms with Crippen LogP contribution in [0.2, 0.25) is 0 Å². The highest BCUT2D eigenvalue weighted by molar-refractivity contribution is 5.57. The van der Waals surface area contributed by atoms with Gasteiger partial charge in [-0.25, -0.2) is 0 Å². The number of ether oxygens (including phenoxy) is 1. The van der Waals surface area contributed by atoms with Crippen LogP contribution >= 0.6 is 0 Å². The Hall–Kier alpha value is -1.22. The highest BCUT2D eigenvalue weighted by Crippen LogP contribution is 2.19. The second kappa shape index (κ2) is 5.61. The van der Waals surface area contributed by atoms with E-state index in [4.69, 9.17) is 10.5 Å². The number of hydrogen-bond donors (Lipinski definition) is 1. The van der Waals surface area contributed by atoms with Gasteiger partial charge in [-0.3, -0.25) is 0 Å². The van der Waals surface area contributed by atoms with Gasteiger partial charge in [0.05, 0.1) is 6.61 Å². The maximum Gasteiger partial charge on any atom is 0.0641 e. The van der Waals surface area contributed by atoms with Crippen molar-refractivity contribution in [2.75, 3.05) is 37.4 Å². The largest absolute Gasteiger partial charge is 0.399 e. The predicted octanol–water partition coefficient (Wildman–Crippen LogP) is 2.05. The number of aryl methyl sites for hydroxylation is 1. The van der Waals surface area contributed by atoms with Crippen molar-refractivity contribution in [3.05, 3.63) is 23.8 Å². The fourth-order valence-corrected chi connectivity index (χ4v) is 1.37. The van der Waals surface area contributed by atoms with Gasteiger partial charge >= 0.3 is 0 Å². The molecule has 15 heavy (non-hydrogen) atoms. The van der Waals surface area contributed by atoms with Crippen LogP contribution in [-0.4, -0.2) is 26.8 Å². The molecule has 0 amide bonds. The molecular formula is C12H20N2O. The van der Waals surface area contributed by atoms with E-state index in [1.54, 1.807) is 0 Å². The normalized spacial score (nSPS) is 10.3. The molecule has 0 spiro atoms. The summed E-state index contributed by atoms with van der Waals surface area (Å²) in [5.74, 6) is 0. The average molecular weight is 208 g/mol. The smallest absolute Gasteiger partial charge is 0.0641 e. The summed E-state index contributed by atoms with van der Waals surface area (Å²) in [5, 5.41) is 0. The molecule has 2 N–H and O–H groups in total. The number of nitrogen functional groups attached to an aromatic ring is 1. The number of anilines is 2. The standard InChI is InChI=1S/C12H20N2O/c1-4-15-8-7-14(3)11-5-6-12(13)10(2)9-11/h5-6,9H,4,7-8,13H2,1-3H3. The van der Waals surface area contributed by atoms with Gasteiger partial charge in [-0.2, -0.15) is 0 Å². The van der Waals surface area contributed by atoms with Crippen molar-refractivity contribution in [3.63, 3.8) is 0 Å². The fraction of sp³-hybridized carbons (Fsp3) is 0.500. The summed E-state index contributed by atoms with van der Waals surface area (Å²) in [6, 6.07) is 6.08. The number of benzene rings is 1. The third kappa shape index (κ3) is 3.44. The summed E-state index contributed by atoms with van der Waals surface area (Å²) in [6.07, 6.45) is 0. The summed E-state index contributed by atoms with van der Waals surface area (Å²) >= 11 is 0. The van der Waals surface area contributed by atoms with E-state index < -0.39 is 0 Å². The summed E-state index contributed by atoms with van der Waals surface area (Å²) in [5.41, 5.74) is 8.91. The molecule has 0 aliphatic heterocycles. The molecule has 0 aliphatic carbocycles. The Kier molecular flexibility index (Phi) is 4.43. The lowest BCUT2D eigenvalue weighted by molar-refractivity contribution is 0.154. The van der Waals surface area contributed by atoms with E-state index in [9.17, 15) is 0 Å². The molecule has 1 aromatic rings. The molecule has 1 aromatic carbocycles. The minimum Gasteiger partial charge on any atom is -0.399 e. The van der Waals surface area contributed by atoms with Crippen LogP contribution in [-0.2, 0) is 4.74 Å². The van der Waals surface area contributed by atoms with E-state index in [1.807, 2.05) is 26.0 Å². The lowest BCUT2D eigenvalue weighted by atomic mass is 10.2. The van der Waals surface area contributed by atoms with Crippen LogP contribution in [0, 0.1) is 6.92 Å². The molecule has 0 fully saturated rings. The predicted molar refractivity (Wildman–Crippen MR) is 65.4 cm³/mol. The van der Waals surface area contributed by atoms with E-state index in [1.165, 1.54) is 5.69 Å². The Morgan fingerprint density at radius 3 is 2.73 bits per heavy atom. The second-order valence-corrected chi connectivity index (χ2v) is 3.66.